The third-order valence-corrected chi connectivity index (χ3v) is 2.68. The third-order valence-electron chi connectivity index (χ3n) is 2.68. The Labute approximate surface area is 88.7 Å². The molecule has 1 aliphatic carbocycles. The number of carbonyl (C=O) groups is 1. The van der Waals surface area contributed by atoms with Gasteiger partial charge in [-0.25, -0.2) is 4.39 Å². The van der Waals surface area contributed by atoms with Crippen LogP contribution in [-0.4, -0.2) is 24.4 Å². The molecule has 0 atom stereocenters. The summed E-state index contributed by atoms with van der Waals surface area (Å²) < 4.78 is 13.3. The molecule has 1 aliphatic rings. The van der Waals surface area contributed by atoms with Crippen LogP contribution in [0.1, 0.15) is 23.2 Å². The van der Waals surface area contributed by atoms with Crippen LogP contribution in [0.4, 0.5) is 4.39 Å². The smallest absolute Gasteiger partial charge is 0.256 e. The first-order valence-electron chi connectivity index (χ1n) is 5.18. The molecule has 0 unspecified atom stereocenters. The van der Waals surface area contributed by atoms with Gasteiger partial charge in [-0.05, 0) is 30.9 Å². The lowest BCUT2D eigenvalue weighted by atomic mass is 10.2. The van der Waals surface area contributed by atoms with E-state index in [0.29, 0.717) is 5.92 Å². The summed E-state index contributed by atoms with van der Waals surface area (Å²) in [5.74, 6) is -0.0316. The van der Waals surface area contributed by atoms with Gasteiger partial charge in [0.15, 0.2) is 0 Å². The first-order chi connectivity index (χ1) is 7.18. The van der Waals surface area contributed by atoms with Gasteiger partial charge in [-0.15, -0.1) is 0 Å². The summed E-state index contributed by atoms with van der Waals surface area (Å²) in [6.45, 7) is 0.743. The van der Waals surface area contributed by atoms with Crippen molar-refractivity contribution in [1.29, 1.82) is 0 Å². The molecule has 1 aromatic carbocycles. The largest absolute Gasteiger partial charge is 0.341 e. The van der Waals surface area contributed by atoms with Gasteiger partial charge in [-0.2, -0.15) is 0 Å². The standard InChI is InChI=1S/C12H14FNO/c1-14(8-9-6-7-9)12(15)10-4-2-3-5-11(10)13/h2-5,9H,6-8H2,1H3. The van der Waals surface area contributed by atoms with Gasteiger partial charge in [-0.3, -0.25) is 4.79 Å². The van der Waals surface area contributed by atoms with Gasteiger partial charge >= 0.3 is 0 Å². The van der Waals surface area contributed by atoms with Gasteiger partial charge in [0.1, 0.15) is 5.82 Å². The van der Waals surface area contributed by atoms with Crippen molar-refractivity contribution in [1.82, 2.24) is 4.90 Å². The molecule has 0 spiro atoms. The van der Waals surface area contributed by atoms with Crippen molar-refractivity contribution in [3.63, 3.8) is 0 Å². The second-order valence-electron chi connectivity index (χ2n) is 4.11. The fourth-order valence-corrected chi connectivity index (χ4v) is 1.61. The lowest BCUT2D eigenvalue weighted by molar-refractivity contribution is 0.0784. The molecule has 80 valence electrons. The molecule has 1 amide bonds. The molecule has 0 saturated heterocycles. The number of hydrogen-bond acceptors (Lipinski definition) is 1. The molecule has 0 N–H and O–H groups in total. The van der Waals surface area contributed by atoms with Gasteiger partial charge in [0, 0.05) is 13.6 Å². The zero-order chi connectivity index (χ0) is 10.8. The zero-order valence-corrected chi connectivity index (χ0v) is 8.74. The highest BCUT2D eigenvalue weighted by atomic mass is 19.1. The van der Waals surface area contributed by atoms with Crippen molar-refractivity contribution in [2.24, 2.45) is 5.92 Å². The van der Waals surface area contributed by atoms with Crippen molar-refractivity contribution in [3.05, 3.63) is 35.6 Å². The predicted molar refractivity (Wildman–Crippen MR) is 56.1 cm³/mol. The highest BCUT2D eigenvalue weighted by Gasteiger charge is 2.25. The molecular formula is C12H14FNO. The van der Waals surface area contributed by atoms with E-state index in [1.54, 1.807) is 24.1 Å². The van der Waals surface area contributed by atoms with Crippen LogP contribution in [0.5, 0.6) is 0 Å². The Kier molecular flexibility index (Phi) is 2.71. The minimum absolute atomic E-state index is 0.167. The Morgan fingerprint density at radius 2 is 2.13 bits per heavy atom. The molecule has 15 heavy (non-hydrogen) atoms. The van der Waals surface area contributed by atoms with E-state index in [-0.39, 0.29) is 11.5 Å². The highest BCUT2D eigenvalue weighted by molar-refractivity contribution is 5.94. The molecular weight excluding hydrogens is 193 g/mol. The Hall–Kier alpha value is -1.38. The van der Waals surface area contributed by atoms with E-state index in [0.717, 1.165) is 6.54 Å². The van der Waals surface area contributed by atoms with Crippen LogP contribution in [0.2, 0.25) is 0 Å². The van der Waals surface area contributed by atoms with Crippen molar-refractivity contribution < 1.29 is 9.18 Å². The monoisotopic (exact) mass is 207 g/mol. The number of amides is 1. The minimum atomic E-state index is -0.440. The van der Waals surface area contributed by atoms with Gasteiger partial charge in [-0.1, -0.05) is 12.1 Å². The SMILES string of the molecule is CN(CC1CC1)C(=O)c1ccccc1F. The van der Waals surface area contributed by atoms with Gasteiger partial charge in [0.2, 0.25) is 0 Å². The van der Waals surface area contributed by atoms with Crippen LogP contribution in [0.15, 0.2) is 24.3 Å². The maximum atomic E-state index is 13.3. The topological polar surface area (TPSA) is 20.3 Å². The van der Waals surface area contributed by atoms with Crippen molar-refractivity contribution in [3.8, 4) is 0 Å². The van der Waals surface area contributed by atoms with Crippen LogP contribution in [0.3, 0.4) is 0 Å². The summed E-state index contributed by atoms with van der Waals surface area (Å²) in [6.07, 6.45) is 2.38. The van der Waals surface area contributed by atoms with Crippen LogP contribution >= 0.6 is 0 Å². The number of rotatable bonds is 3. The van der Waals surface area contributed by atoms with Crippen LogP contribution in [-0.2, 0) is 0 Å². The Morgan fingerprint density at radius 1 is 1.47 bits per heavy atom. The second-order valence-corrected chi connectivity index (χ2v) is 4.11. The molecule has 0 heterocycles. The molecule has 2 rings (SSSR count). The first-order valence-corrected chi connectivity index (χ1v) is 5.18. The van der Waals surface area contributed by atoms with Crippen LogP contribution in [0, 0.1) is 11.7 Å². The van der Waals surface area contributed by atoms with E-state index >= 15 is 0 Å². The molecule has 0 bridgehead atoms. The summed E-state index contributed by atoms with van der Waals surface area (Å²) in [7, 11) is 1.73. The Bertz CT molecular complexity index is 374. The zero-order valence-electron chi connectivity index (χ0n) is 8.74. The number of hydrogen-bond donors (Lipinski definition) is 0. The summed E-state index contributed by atoms with van der Waals surface area (Å²) in [5, 5.41) is 0. The lowest BCUT2D eigenvalue weighted by Gasteiger charge is -2.16. The second kappa shape index (κ2) is 4.01. The number of carbonyl (C=O) groups excluding carboxylic acids is 1. The average molecular weight is 207 g/mol. The summed E-state index contributed by atoms with van der Waals surface area (Å²) in [4.78, 5) is 13.4. The van der Waals surface area contributed by atoms with E-state index < -0.39 is 5.82 Å². The normalized spacial score (nSPS) is 15.1. The fourth-order valence-electron chi connectivity index (χ4n) is 1.61. The van der Waals surface area contributed by atoms with Crippen LogP contribution in [0.25, 0.3) is 0 Å². The summed E-state index contributed by atoms with van der Waals surface area (Å²) >= 11 is 0. The summed E-state index contributed by atoms with van der Waals surface area (Å²) in [6, 6.07) is 6.12. The van der Waals surface area contributed by atoms with Crippen molar-refractivity contribution in [2.45, 2.75) is 12.8 Å². The molecule has 3 heteroatoms. The van der Waals surface area contributed by atoms with E-state index in [4.69, 9.17) is 0 Å². The van der Waals surface area contributed by atoms with Gasteiger partial charge < -0.3 is 4.90 Å². The van der Waals surface area contributed by atoms with E-state index in [1.165, 1.54) is 25.0 Å². The average Bonchev–Trinajstić information content (AvgIpc) is 3.01. The molecule has 0 radical (unpaired) electrons. The lowest BCUT2D eigenvalue weighted by Crippen LogP contribution is -2.29. The Morgan fingerprint density at radius 3 is 2.73 bits per heavy atom. The van der Waals surface area contributed by atoms with Gasteiger partial charge in [0.05, 0.1) is 5.56 Å². The van der Waals surface area contributed by atoms with Crippen molar-refractivity contribution in [2.75, 3.05) is 13.6 Å². The third kappa shape index (κ3) is 2.35. The molecule has 1 saturated carbocycles. The van der Waals surface area contributed by atoms with Crippen LogP contribution < -0.4 is 0 Å². The maximum absolute atomic E-state index is 13.3. The molecule has 0 aromatic heterocycles. The number of benzene rings is 1. The van der Waals surface area contributed by atoms with E-state index in [9.17, 15) is 9.18 Å². The molecule has 0 aliphatic heterocycles. The summed E-state index contributed by atoms with van der Waals surface area (Å²) in [5.41, 5.74) is 0.167. The highest BCUT2D eigenvalue weighted by Crippen LogP contribution is 2.29. The Balaban J connectivity index is 2.08. The number of halogens is 1. The molecule has 1 aromatic rings. The maximum Gasteiger partial charge on any atom is 0.256 e. The number of nitrogens with zero attached hydrogens (tertiary/aromatic N) is 1. The molecule has 1 fully saturated rings. The minimum Gasteiger partial charge on any atom is -0.341 e. The van der Waals surface area contributed by atoms with E-state index in [1.807, 2.05) is 0 Å². The predicted octanol–water partition coefficient (Wildman–Crippen LogP) is 2.31. The fraction of sp³-hybridized carbons (Fsp3) is 0.417. The van der Waals surface area contributed by atoms with E-state index in [2.05, 4.69) is 0 Å². The first kappa shape index (κ1) is 10.1. The quantitative estimate of drug-likeness (QED) is 0.744. The molecule has 2 nitrogen and oxygen atoms in total. The van der Waals surface area contributed by atoms with Gasteiger partial charge in [0.25, 0.3) is 5.91 Å². The van der Waals surface area contributed by atoms with Crippen molar-refractivity contribution >= 4 is 5.91 Å².